The summed E-state index contributed by atoms with van der Waals surface area (Å²) in [5.41, 5.74) is 0. The Morgan fingerprint density at radius 3 is 0.826 bits per heavy atom. The Morgan fingerprint density at radius 1 is 0.696 bits per heavy atom. The minimum atomic E-state index is -5.17. The van der Waals surface area contributed by atoms with E-state index in [2.05, 4.69) is 13.2 Å². The second-order valence-corrected chi connectivity index (χ2v) is 6.15. The normalized spacial score (nSPS) is 9.22. The molecule has 0 spiro atoms. The Morgan fingerprint density at radius 2 is 0.826 bits per heavy atom. The van der Waals surface area contributed by atoms with Crippen molar-refractivity contribution in [2.75, 3.05) is 11.5 Å². The first-order chi connectivity index (χ1) is 8.12. The molecule has 0 aliphatic carbocycles. The first-order valence-electron chi connectivity index (χ1n) is 3.88. The van der Waals surface area contributed by atoms with Crippen LogP contribution in [0.15, 0.2) is 25.3 Å². The molecule has 0 aliphatic rings. The summed E-state index contributed by atoms with van der Waals surface area (Å²) in [5.74, 6) is -0.958. The molecule has 0 atom stereocenters. The van der Waals surface area contributed by atoms with Crippen LogP contribution in [0.3, 0.4) is 0 Å². The number of hydrogen-bond acceptors (Lipinski definition) is 11. The summed E-state index contributed by atoms with van der Waals surface area (Å²) in [4.78, 5) is 0. The first-order valence-corrected chi connectivity index (χ1v) is 8.37. The van der Waals surface area contributed by atoms with Gasteiger partial charge in [0.2, 0.25) is 0 Å². The predicted molar refractivity (Wildman–Crippen MR) is 65.0 cm³/mol. The van der Waals surface area contributed by atoms with Crippen LogP contribution in [-0.4, -0.2) is 55.0 Å². The van der Waals surface area contributed by atoms with Gasteiger partial charge in [-0.3, -0.25) is 8.42 Å². The monoisotopic (exact) mass is 459 g/mol. The standard InChI is InChI=1S/2C3H6O3S.H3N.2Na.Ni.H2O4S/c2*1-2-3-7(4,5)6;;;;;1-5(2,3)4/h2*2H,1,3H2,(H,4,5,6);1H3;;;;(H2,1,2,3,4)/q;;;2*+1;+2;/p-4. The molecule has 0 aromatic rings. The molecular formula is C6H13NNa2NiO10S3. The van der Waals surface area contributed by atoms with Crippen molar-refractivity contribution in [1.29, 1.82) is 0 Å². The Kier molecular flexibility index (Phi) is 41.7. The van der Waals surface area contributed by atoms with E-state index in [0.717, 1.165) is 12.2 Å². The van der Waals surface area contributed by atoms with Crippen molar-refractivity contribution in [2.45, 2.75) is 0 Å². The Balaban J connectivity index is -0.0000000311. The van der Waals surface area contributed by atoms with Crippen molar-refractivity contribution < 1.29 is 119 Å². The maximum Gasteiger partial charge on any atom is 2.00 e. The minimum absolute atomic E-state index is 0. The fourth-order valence-electron chi connectivity index (χ4n) is 0.289. The third-order valence-electron chi connectivity index (χ3n) is 0.644. The van der Waals surface area contributed by atoms with Gasteiger partial charge >= 0.3 is 75.6 Å². The summed E-state index contributed by atoms with van der Waals surface area (Å²) in [6.45, 7) is 6.13. The molecule has 0 saturated carbocycles. The van der Waals surface area contributed by atoms with E-state index in [-0.39, 0.29) is 81.8 Å². The largest absolute Gasteiger partial charge is 2.00 e. The maximum atomic E-state index is 9.60. The summed E-state index contributed by atoms with van der Waals surface area (Å²) < 4.78 is 91.7. The Hall–Kier alpha value is 1.62. The van der Waals surface area contributed by atoms with Crippen molar-refractivity contribution in [3.8, 4) is 0 Å². The predicted octanol–water partition coefficient (Wildman–Crippen LogP) is -7.74. The Bertz CT molecular complexity index is 528. The van der Waals surface area contributed by atoms with E-state index in [1.165, 1.54) is 0 Å². The molecule has 0 aromatic carbocycles. The van der Waals surface area contributed by atoms with Crippen LogP contribution in [0, 0.1) is 0 Å². The molecule has 0 rings (SSSR count). The fourth-order valence-corrected chi connectivity index (χ4v) is 0.866. The van der Waals surface area contributed by atoms with Gasteiger partial charge < -0.3 is 24.4 Å². The summed E-state index contributed by atoms with van der Waals surface area (Å²) in [7, 11) is -13.3. The molecule has 0 saturated heterocycles. The van der Waals surface area contributed by atoms with Gasteiger partial charge in [-0.25, -0.2) is 16.8 Å². The molecule has 3 N–H and O–H groups in total. The van der Waals surface area contributed by atoms with Crippen LogP contribution in [0.25, 0.3) is 0 Å². The molecule has 0 fully saturated rings. The molecule has 23 heavy (non-hydrogen) atoms. The molecule has 0 unspecified atom stereocenters. The molecule has 0 aliphatic heterocycles. The first kappa shape index (κ1) is 44.2. The van der Waals surface area contributed by atoms with Crippen LogP contribution in [0.2, 0.25) is 0 Å². The van der Waals surface area contributed by atoms with Crippen molar-refractivity contribution in [2.24, 2.45) is 0 Å². The molecular weight excluding hydrogens is 447 g/mol. The van der Waals surface area contributed by atoms with E-state index in [9.17, 15) is 25.9 Å². The van der Waals surface area contributed by atoms with E-state index in [1.807, 2.05) is 0 Å². The summed E-state index contributed by atoms with van der Waals surface area (Å²) in [5, 5.41) is 0. The van der Waals surface area contributed by atoms with Gasteiger partial charge in [-0.2, -0.15) is 0 Å². The topological polar surface area (TPSA) is 230 Å². The van der Waals surface area contributed by atoms with E-state index in [0.29, 0.717) is 0 Å². The number of rotatable bonds is 4. The zero-order valence-corrected chi connectivity index (χ0v) is 19.8. The second-order valence-electron chi connectivity index (χ2n) is 2.43. The summed E-state index contributed by atoms with van der Waals surface area (Å²) in [6, 6.07) is 0. The van der Waals surface area contributed by atoms with Gasteiger partial charge in [0.1, 0.15) is 0 Å². The fraction of sp³-hybridized carbons (Fsp3) is 0.333. The van der Waals surface area contributed by atoms with E-state index < -0.39 is 42.1 Å². The van der Waals surface area contributed by atoms with Gasteiger partial charge in [0.05, 0.1) is 31.7 Å². The third kappa shape index (κ3) is 119. The van der Waals surface area contributed by atoms with E-state index in [4.69, 9.17) is 17.5 Å². The summed E-state index contributed by atoms with van der Waals surface area (Å²) >= 11 is 0. The molecule has 11 nitrogen and oxygen atoms in total. The Labute approximate surface area is 190 Å². The van der Waals surface area contributed by atoms with Crippen LogP contribution in [0.1, 0.15) is 0 Å². The average Bonchev–Trinajstić information content (AvgIpc) is 1.95. The van der Waals surface area contributed by atoms with E-state index >= 15 is 0 Å². The summed E-state index contributed by atoms with van der Waals surface area (Å²) in [6.07, 6.45) is 2.12. The molecule has 0 bridgehead atoms. The quantitative estimate of drug-likeness (QED) is 0.179. The van der Waals surface area contributed by atoms with Crippen molar-refractivity contribution in [1.82, 2.24) is 6.15 Å². The molecule has 132 valence electrons. The van der Waals surface area contributed by atoms with Crippen LogP contribution in [0.5, 0.6) is 0 Å². The van der Waals surface area contributed by atoms with Gasteiger partial charge in [0.25, 0.3) is 0 Å². The zero-order chi connectivity index (χ0) is 16.3. The second kappa shape index (κ2) is 21.7. The zero-order valence-electron chi connectivity index (χ0n) is 12.3. The smallest absolute Gasteiger partial charge is 0.759 e. The van der Waals surface area contributed by atoms with Crippen molar-refractivity contribution in [3.05, 3.63) is 25.3 Å². The molecule has 0 heterocycles. The third-order valence-corrected chi connectivity index (χ3v) is 1.93. The van der Waals surface area contributed by atoms with Gasteiger partial charge in [-0.15, -0.1) is 13.2 Å². The van der Waals surface area contributed by atoms with Crippen molar-refractivity contribution in [3.63, 3.8) is 0 Å². The van der Waals surface area contributed by atoms with Gasteiger partial charge in [-0.05, 0) is 0 Å². The maximum absolute atomic E-state index is 9.60. The minimum Gasteiger partial charge on any atom is -0.759 e. The van der Waals surface area contributed by atoms with E-state index in [1.54, 1.807) is 0 Å². The molecule has 0 radical (unpaired) electrons. The average molecular weight is 460 g/mol. The van der Waals surface area contributed by atoms with Crippen LogP contribution in [-0.2, 0) is 47.1 Å². The van der Waals surface area contributed by atoms with Crippen LogP contribution in [0.4, 0.5) is 0 Å². The van der Waals surface area contributed by atoms with Crippen LogP contribution >= 0.6 is 0 Å². The van der Waals surface area contributed by atoms with Crippen LogP contribution < -0.4 is 65.3 Å². The SMILES string of the molecule is C=CCS(=O)(=O)[O-].C=CCS(=O)(=O)[O-].N.O=S(=O)([O-])[O-].[Na+].[Na+].[Ni+2]. The molecule has 0 aromatic heterocycles. The molecule has 17 heteroatoms. The van der Waals surface area contributed by atoms with Gasteiger partial charge in [0.15, 0.2) is 0 Å². The van der Waals surface area contributed by atoms with Crippen molar-refractivity contribution >= 4 is 30.6 Å². The van der Waals surface area contributed by atoms with Gasteiger partial charge in [0, 0.05) is 10.4 Å². The molecule has 0 amide bonds. The number of hydrogen-bond donors (Lipinski definition) is 1. The van der Waals surface area contributed by atoms with Gasteiger partial charge in [-0.1, -0.05) is 12.2 Å².